The Balaban J connectivity index is 1.54. The fraction of sp³-hybridized carbons (Fsp3) is 0.778. The maximum atomic E-state index is 5.54. The third kappa shape index (κ3) is 1.79. The van der Waals surface area contributed by atoms with Crippen molar-refractivity contribution >= 4 is 11.8 Å². The molecule has 76 valence electrons. The van der Waals surface area contributed by atoms with Gasteiger partial charge < -0.3 is 9.73 Å². The van der Waals surface area contributed by atoms with E-state index in [-0.39, 0.29) is 0 Å². The molecule has 0 radical (unpaired) electrons. The highest BCUT2D eigenvalue weighted by molar-refractivity contribution is 8.00. The van der Waals surface area contributed by atoms with Gasteiger partial charge in [-0.25, -0.2) is 0 Å². The van der Waals surface area contributed by atoms with E-state index in [4.69, 9.17) is 4.42 Å². The molecule has 0 amide bonds. The fourth-order valence-corrected chi connectivity index (χ4v) is 2.13. The van der Waals surface area contributed by atoms with Crippen molar-refractivity contribution in [2.75, 3.05) is 11.5 Å². The van der Waals surface area contributed by atoms with Crippen molar-refractivity contribution in [3.8, 4) is 0 Å². The number of nitrogens with one attached hydrogen (secondary N) is 1. The fourth-order valence-electron chi connectivity index (χ4n) is 1.42. The first-order valence-corrected chi connectivity index (χ1v) is 6.20. The second-order valence-electron chi connectivity index (χ2n) is 3.92. The lowest BCUT2D eigenvalue weighted by atomic mass is 10.3. The average Bonchev–Trinajstić information content (AvgIpc) is 2.85. The third-order valence-corrected chi connectivity index (χ3v) is 3.87. The predicted octanol–water partition coefficient (Wildman–Crippen LogP) is 1.15. The van der Waals surface area contributed by atoms with Crippen LogP contribution in [0.5, 0.6) is 0 Å². The first kappa shape index (κ1) is 8.73. The largest absolute Gasteiger partial charge is 0.424 e. The van der Waals surface area contributed by atoms with Gasteiger partial charge in [0.05, 0.1) is 6.54 Å². The molecule has 2 heterocycles. The summed E-state index contributed by atoms with van der Waals surface area (Å²) in [6, 6.07) is 0.649. The van der Waals surface area contributed by atoms with Gasteiger partial charge >= 0.3 is 0 Å². The lowest BCUT2D eigenvalue weighted by molar-refractivity contribution is 0.422. The van der Waals surface area contributed by atoms with Gasteiger partial charge in [-0.3, -0.25) is 0 Å². The van der Waals surface area contributed by atoms with Crippen LogP contribution in [0.4, 0.5) is 0 Å². The molecule has 2 aliphatic rings. The van der Waals surface area contributed by atoms with Gasteiger partial charge in [0.1, 0.15) is 0 Å². The van der Waals surface area contributed by atoms with Crippen molar-refractivity contribution < 1.29 is 4.42 Å². The normalized spacial score (nSPS) is 22.3. The molecule has 0 atom stereocenters. The average molecular weight is 211 g/mol. The lowest BCUT2D eigenvalue weighted by Gasteiger charge is -2.25. The quantitative estimate of drug-likeness (QED) is 0.809. The van der Waals surface area contributed by atoms with Gasteiger partial charge in [-0.15, -0.1) is 10.2 Å². The standard InChI is InChI=1S/C9H13N3OS/c1-2-6(1)9-12-11-8(13-9)3-10-7-4-14-5-7/h6-7,10H,1-5H2. The minimum Gasteiger partial charge on any atom is -0.424 e. The number of rotatable bonds is 4. The summed E-state index contributed by atoms with van der Waals surface area (Å²) in [5, 5.41) is 11.5. The van der Waals surface area contributed by atoms with E-state index in [0.717, 1.165) is 18.3 Å². The third-order valence-electron chi connectivity index (χ3n) is 2.59. The van der Waals surface area contributed by atoms with Crippen LogP contribution < -0.4 is 5.32 Å². The predicted molar refractivity (Wildman–Crippen MR) is 54.2 cm³/mol. The molecule has 1 aliphatic heterocycles. The highest BCUT2D eigenvalue weighted by Gasteiger charge is 2.29. The second-order valence-corrected chi connectivity index (χ2v) is 5.00. The molecule has 1 saturated carbocycles. The SMILES string of the molecule is C(NC1CSC1)c1nnc(C2CC2)o1. The second kappa shape index (κ2) is 3.55. The van der Waals surface area contributed by atoms with E-state index in [1.54, 1.807) is 0 Å². The van der Waals surface area contributed by atoms with Gasteiger partial charge in [-0.1, -0.05) is 0 Å². The van der Waals surface area contributed by atoms with Crippen LogP contribution in [0.15, 0.2) is 4.42 Å². The summed E-state index contributed by atoms with van der Waals surface area (Å²) in [6.45, 7) is 0.727. The summed E-state index contributed by atoms with van der Waals surface area (Å²) in [5.41, 5.74) is 0. The smallest absolute Gasteiger partial charge is 0.230 e. The zero-order valence-corrected chi connectivity index (χ0v) is 8.72. The minimum atomic E-state index is 0.565. The number of hydrogen-bond donors (Lipinski definition) is 1. The van der Waals surface area contributed by atoms with E-state index in [9.17, 15) is 0 Å². The summed E-state index contributed by atoms with van der Waals surface area (Å²) in [4.78, 5) is 0. The lowest BCUT2D eigenvalue weighted by Crippen LogP contribution is -2.39. The van der Waals surface area contributed by atoms with E-state index in [2.05, 4.69) is 15.5 Å². The molecule has 0 aromatic carbocycles. The highest BCUT2D eigenvalue weighted by Crippen LogP contribution is 2.38. The first-order valence-electron chi connectivity index (χ1n) is 5.05. The highest BCUT2D eigenvalue weighted by atomic mass is 32.2. The summed E-state index contributed by atoms with van der Waals surface area (Å²) in [7, 11) is 0. The zero-order chi connectivity index (χ0) is 9.38. The van der Waals surface area contributed by atoms with Crippen molar-refractivity contribution in [1.29, 1.82) is 0 Å². The molecule has 0 unspecified atom stereocenters. The molecule has 0 spiro atoms. The number of aromatic nitrogens is 2. The number of hydrogen-bond acceptors (Lipinski definition) is 5. The summed E-state index contributed by atoms with van der Waals surface area (Å²) >= 11 is 1.97. The zero-order valence-electron chi connectivity index (χ0n) is 7.90. The Labute approximate surface area is 86.8 Å². The van der Waals surface area contributed by atoms with Gasteiger partial charge in [-0.2, -0.15) is 11.8 Å². The molecule has 14 heavy (non-hydrogen) atoms. The molecule has 3 rings (SSSR count). The van der Waals surface area contributed by atoms with E-state index >= 15 is 0 Å². The molecule has 1 aliphatic carbocycles. The van der Waals surface area contributed by atoms with Crippen LogP contribution in [0.1, 0.15) is 30.5 Å². The Hall–Kier alpha value is -0.550. The van der Waals surface area contributed by atoms with Crippen molar-refractivity contribution in [2.45, 2.75) is 31.3 Å². The van der Waals surface area contributed by atoms with E-state index in [0.29, 0.717) is 12.0 Å². The van der Waals surface area contributed by atoms with Crippen LogP contribution in [0.2, 0.25) is 0 Å². The van der Waals surface area contributed by atoms with Crippen LogP contribution in [-0.4, -0.2) is 27.7 Å². The molecular formula is C9H13N3OS. The van der Waals surface area contributed by atoms with E-state index in [1.807, 2.05) is 11.8 Å². The van der Waals surface area contributed by atoms with Crippen molar-refractivity contribution in [2.24, 2.45) is 0 Å². The van der Waals surface area contributed by atoms with Crippen LogP contribution in [0.25, 0.3) is 0 Å². The summed E-state index contributed by atoms with van der Waals surface area (Å²) in [6.07, 6.45) is 2.43. The Morgan fingerprint density at radius 2 is 2.21 bits per heavy atom. The van der Waals surface area contributed by atoms with Gasteiger partial charge in [0.2, 0.25) is 11.8 Å². The Kier molecular flexibility index (Phi) is 2.21. The first-order chi connectivity index (χ1) is 6.92. The molecule has 1 aromatic heterocycles. The molecule has 1 N–H and O–H groups in total. The van der Waals surface area contributed by atoms with Crippen LogP contribution in [-0.2, 0) is 6.54 Å². The van der Waals surface area contributed by atoms with Crippen LogP contribution in [0.3, 0.4) is 0 Å². The van der Waals surface area contributed by atoms with Gasteiger partial charge in [0, 0.05) is 23.5 Å². The summed E-state index contributed by atoms with van der Waals surface area (Å²) in [5.74, 6) is 4.57. The molecule has 4 nitrogen and oxygen atoms in total. The minimum absolute atomic E-state index is 0.565. The monoisotopic (exact) mass is 211 g/mol. The van der Waals surface area contributed by atoms with Crippen LogP contribution >= 0.6 is 11.8 Å². The maximum absolute atomic E-state index is 5.54. The van der Waals surface area contributed by atoms with Gasteiger partial charge in [0.15, 0.2) is 0 Å². The van der Waals surface area contributed by atoms with Crippen molar-refractivity contribution in [3.05, 3.63) is 11.8 Å². The summed E-state index contributed by atoms with van der Waals surface area (Å²) < 4.78 is 5.54. The Morgan fingerprint density at radius 1 is 1.36 bits per heavy atom. The molecular weight excluding hydrogens is 198 g/mol. The molecule has 2 fully saturated rings. The van der Waals surface area contributed by atoms with Crippen LogP contribution in [0, 0.1) is 0 Å². The Morgan fingerprint density at radius 3 is 2.86 bits per heavy atom. The number of nitrogens with zero attached hydrogens (tertiary/aromatic N) is 2. The molecule has 1 saturated heterocycles. The molecule has 1 aromatic rings. The van der Waals surface area contributed by atoms with E-state index < -0.39 is 0 Å². The number of thioether (sulfide) groups is 1. The van der Waals surface area contributed by atoms with Crippen molar-refractivity contribution in [1.82, 2.24) is 15.5 Å². The topological polar surface area (TPSA) is 51.0 Å². The molecule has 5 heteroatoms. The van der Waals surface area contributed by atoms with Gasteiger partial charge in [-0.05, 0) is 12.8 Å². The molecule has 0 bridgehead atoms. The van der Waals surface area contributed by atoms with Crippen molar-refractivity contribution in [3.63, 3.8) is 0 Å². The maximum Gasteiger partial charge on any atom is 0.230 e. The van der Waals surface area contributed by atoms with E-state index in [1.165, 1.54) is 24.3 Å². The van der Waals surface area contributed by atoms with Gasteiger partial charge in [0.25, 0.3) is 0 Å². The Bertz CT molecular complexity index is 320.